The number of halogens is 1. The van der Waals surface area contributed by atoms with Crippen molar-refractivity contribution in [2.75, 3.05) is 11.1 Å². The Balaban J connectivity index is 2.98. The molecule has 1 aromatic heterocycles. The van der Waals surface area contributed by atoms with Gasteiger partial charge in [0.2, 0.25) is 11.9 Å². The fourth-order valence-electron chi connectivity index (χ4n) is 1.82. The highest BCUT2D eigenvalue weighted by molar-refractivity contribution is 5.33. The highest BCUT2D eigenvalue weighted by atomic mass is 19.1. The van der Waals surface area contributed by atoms with Crippen molar-refractivity contribution in [3.63, 3.8) is 0 Å². The summed E-state index contributed by atoms with van der Waals surface area (Å²) in [6, 6.07) is 0.238. The lowest BCUT2D eigenvalue weighted by Crippen LogP contribution is -2.28. The van der Waals surface area contributed by atoms with Gasteiger partial charge in [0.15, 0.2) is 11.5 Å². The van der Waals surface area contributed by atoms with Crippen LogP contribution in [-0.2, 0) is 5.67 Å². The van der Waals surface area contributed by atoms with Crippen LogP contribution < -0.4 is 11.1 Å². The zero-order valence-electron chi connectivity index (χ0n) is 12.4. The van der Waals surface area contributed by atoms with Crippen LogP contribution in [0.25, 0.3) is 0 Å². The second-order valence-corrected chi connectivity index (χ2v) is 5.36. The number of rotatable bonds is 6. The quantitative estimate of drug-likeness (QED) is 0.830. The third kappa shape index (κ3) is 4.29. The maximum atomic E-state index is 13.9. The lowest BCUT2D eigenvalue weighted by Gasteiger charge is -2.23. The molecular weight excluding hydrogens is 245 g/mol. The molecule has 108 valence electrons. The minimum Gasteiger partial charge on any atom is -0.368 e. The Labute approximate surface area is 114 Å². The monoisotopic (exact) mass is 269 g/mol. The lowest BCUT2D eigenvalue weighted by atomic mass is 9.97. The molecule has 0 aliphatic heterocycles. The summed E-state index contributed by atoms with van der Waals surface area (Å²) in [5, 5.41) is 3.22. The SMILES string of the molecule is CCC(C)C(CC)Nc1nc(N)nc(C(C)(C)F)n1. The third-order valence-electron chi connectivity index (χ3n) is 3.27. The zero-order chi connectivity index (χ0) is 14.6. The standard InChI is InChI=1S/C13H24FN5/c1-6-8(3)9(7-2)16-12-18-10(13(4,5)14)17-11(15)19-12/h8-9H,6-7H2,1-5H3,(H3,15,16,17,18,19). The van der Waals surface area contributed by atoms with Gasteiger partial charge in [-0.1, -0.05) is 27.2 Å². The van der Waals surface area contributed by atoms with E-state index in [0.29, 0.717) is 11.9 Å². The Morgan fingerprint density at radius 2 is 1.84 bits per heavy atom. The van der Waals surface area contributed by atoms with Crippen molar-refractivity contribution in [1.82, 2.24) is 15.0 Å². The van der Waals surface area contributed by atoms with Crippen molar-refractivity contribution in [3.8, 4) is 0 Å². The predicted octanol–water partition coefficient (Wildman–Crippen LogP) is 2.90. The number of anilines is 2. The smallest absolute Gasteiger partial charge is 0.228 e. The Morgan fingerprint density at radius 3 is 2.32 bits per heavy atom. The first kappa shape index (κ1) is 15.6. The molecule has 0 fully saturated rings. The predicted molar refractivity (Wildman–Crippen MR) is 75.5 cm³/mol. The van der Waals surface area contributed by atoms with Crippen LogP contribution in [0.4, 0.5) is 16.3 Å². The fraction of sp³-hybridized carbons (Fsp3) is 0.769. The molecule has 19 heavy (non-hydrogen) atoms. The van der Waals surface area contributed by atoms with E-state index < -0.39 is 5.67 Å². The Morgan fingerprint density at radius 1 is 1.21 bits per heavy atom. The Hall–Kier alpha value is -1.46. The second kappa shape index (κ2) is 6.12. The van der Waals surface area contributed by atoms with Gasteiger partial charge < -0.3 is 11.1 Å². The molecule has 2 atom stereocenters. The molecule has 2 unspecified atom stereocenters. The molecule has 0 amide bonds. The van der Waals surface area contributed by atoms with Crippen LogP contribution in [0.1, 0.15) is 53.3 Å². The maximum absolute atomic E-state index is 13.9. The van der Waals surface area contributed by atoms with Crippen molar-refractivity contribution in [1.29, 1.82) is 0 Å². The molecule has 0 aromatic carbocycles. The van der Waals surface area contributed by atoms with E-state index in [4.69, 9.17) is 5.73 Å². The summed E-state index contributed by atoms with van der Waals surface area (Å²) in [6.45, 7) is 9.18. The summed E-state index contributed by atoms with van der Waals surface area (Å²) < 4.78 is 13.9. The Bertz CT molecular complexity index is 416. The summed E-state index contributed by atoms with van der Waals surface area (Å²) in [7, 11) is 0. The number of nitrogens with zero attached hydrogens (tertiary/aromatic N) is 3. The summed E-state index contributed by atoms with van der Waals surface area (Å²) >= 11 is 0. The van der Waals surface area contributed by atoms with E-state index >= 15 is 0 Å². The van der Waals surface area contributed by atoms with Gasteiger partial charge in [0, 0.05) is 6.04 Å². The van der Waals surface area contributed by atoms with E-state index in [0.717, 1.165) is 12.8 Å². The van der Waals surface area contributed by atoms with E-state index in [9.17, 15) is 4.39 Å². The van der Waals surface area contributed by atoms with Crippen LogP contribution in [0.2, 0.25) is 0 Å². The van der Waals surface area contributed by atoms with E-state index in [1.54, 1.807) is 0 Å². The minimum absolute atomic E-state index is 0.0391. The van der Waals surface area contributed by atoms with E-state index in [1.807, 2.05) is 0 Å². The highest BCUT2D eigenvalue weighted by Crippen LogP contribution is 2.23. The van der Waals surface area contributed by atoms with Crippen molar-refractivity contribution in [3.05, 3.63) is 5.82 Å². The minimum atomic E-state index is -1.63. The van der Waals surface area contributed by atoms with Gasteiger partial charge in [0.25, 0.3) is 0 Å². The molecule has 1 heterocycles. The van der Waals surface area contributed by atoms with Gasteiger partial charge in [0.05, 0.1) is 0 Å². The summed E-state index contributed by atoms with van der Waals surface area (Å²) in [5.41, 5.74) is 3.98. The molecule has 6 heteroatoms. The van der Waals surface area contributed by atoms with Crippen LogP contribution in [-0.4, -0.2) is 21.0 Å². The van der Waals surface area contributed by atoms with E-state index in [1.165, 1.54) is 13.8 Å². The molecule has 0 aliphatic carbocycles. The molecule has 0 saturated carbocycles. The number of hydrogen-bond donors (Lipinski definition) is 2. The molecule has 1 aromatic rings. The maximum Gasteiger partial charge on any atom is 0.228 e. The Kier molecular flexibility index (Phi) is 5.03. The first-order chi connectivity index (χ1) is 8.77. The van der Waals surface area contributed by atoms with Gasteiger partial charge in [-0.3, -0.25) is 0 Å². The van der Waals surface area contributed by atoms with Gasteiger partial charge in [0.1, 0.15) is 0 Å². The van der Waals surface area contributed by atoms with Crippen molar-refractivity contribution >= 4 is 11.9 Å². The first-order valence-corrected chi connectivity index (χ1v) is 6.75. The number of nitrogens with two attached hydrogens (primary N) is 1. The summed E-state index contributed by atoms with van der Waals surface area (Å²) in [5.74, 6) is 0.920. The molecule has 0 spiro atoms. The van der Waals surface area contributed by atoms with Crippen LogP contribution in [0.5, 0.6) is 0 Å². The van der Waals surface area contributed by atoms with Crippen molar-refractivity contribution in [2.45, 2.75) is 59.2 Å². The highest BCUT2D eigenvalue weighted by Gasteiger charge is 2.25. The molecule has 1 rings (SSSR count). The molecule has 3 N–H and O–H groups in total. The topological polar surface area (TPSA) is 76.7 Å². The van der Waals surface area contributed by atoms with Crippen LogP contribution in [0.3, 0.4) is 0 Å². The van der Waals surface area contributed by atoms with Gasteiger partial charge >= 0.3 is 0 Å². The fourth-order valence-corrected chi connectivity index (χ4v) is 1.82. The first-order valence-electron chi connectivity index (χ1n) is 6.75. The number of aromatic nitrogens is 3. The molecule has 5 nitrogen and oxygen atoms in total. The van der Waals surface area contributed by atoms with E-state index in [-0.39, 0.29) is 17.8 Å². The van der Waals surface area contributed by atoms with Crippen molar-refractivity contribution < 1.29 is 4.39 Å². The number of hydrogen-bond acceptors (Lipinski definition) is 5. The van der Waals surface area contributed by atoms with Crippen LogP contribution in [0, 0.1) is 5.92 Å². The summed E-state index contributed by atoms with van der Waals surface area (Å²) in [4.78, 5) is 12.0. The van der Waals surface area contributed by atoms with Gasteiger partial charge in [-0.2, -0.15) is 15.0 Å². The zero-order valence-corrected chi connectivity index (χ0v) is 12.4. The number of nitrogens with one attached hydrogen (secondary N) is 1. The van der Waals surface area contributed by atoms with Crippen LogP contribution in [0.15, 0.2) is 0 Å². The molecular formula is C13H24FN5. The molecule has 0 radical (unpaired) electrons. The second-order valence-electron chi connectivity index (χ2n) is 5.36. The third-order valence-corrected chi connectivity index (χ3v) is 3.27. The van der Waals surface area contributed by atoms with Gasteiger partial charge in [-0.25, -0.2) is 4.39 Å². The molecule has 0 aliphatic rings. The van der Waals surface area contributed by atoms with Gasteiger partial charge in [-0.15, -0.1) is 0 Å². The number of alkyl halides is 1. The lowest BCUT2D eigenvalue weighted by molar-refractivity contribution is 0.206. The molecule has 0 bridgehead atoms. The van der Waals surface area contributed by atoms with Gasteiger partial charge in [-0.05, 0) is 26.2 Å². The normalized spacial score (nSPS) is 15.1. The van der Waals surface area contributed by atoms with Crippen LogP contribution >= 0.6 is 0 Å². The molecule has 0 saturated heterocycles. The van der Waals surface area contributed by atoms with Crippen molar-refractivity contribution in [2.24, 2.45) is 5.92 Å². The summed E-state index contributed by atoms with van der Waals surface area (Å²) in [6.07, 6.45) is 1.99. The van der Waals surface area contributed by atoms with E-state index in [2.05, 4.69) is 41.0 Å². The average molecular weight is 269 g/mol. The number of nitrogen functional groups attached to an aromatic ring is 1. The largest absolute Gasteiger partial charge is 0.368 e. The average Bonchev–Trinajstić information content (AvgIpc) is 2.33.